The van der Waals surface area contributed by atoms with Crippen LogP contribution in [-0.4, -0.2) is 27.5 Å². The Labute approximate surface area is 177 Å². The summed E-state index contributed by atoms with van der Waals surface area (Å²) >= 11 is 0. The number of benzene rings is 3. The van der Waals surface area contributed by atoms with Crippen LogP contribution in [0.4, 0.5) is 5.69 Å². The van der Waals surface area contributed by atoms with E-state index in [1.54, 1.807) is 43.3 Å². The molecular weight excluding hydrogens is 400 g/mol. The van der Waals surface area contributed by atoms with E-state index < -0.39 is 10.0 Å². The third kappa shape index (κ3) is 5.61. The van der Waals surface area contributed by atoms with Gasteiger partial charge in [-0.1, -0.05) is 30.3 Å². The van der Waals surface area contributed by atoms with Crippen molar-refractivity contribution in [3.8, 4) is 5.75 Å². The monoisotopic (exact) mass is 424 g/mol. The number of carbonyl (C=O) groups excluding carboxylic acids is 1. The average Bonchev–Trinajstić information content (AvgIpc) is 2.73. The Balaban J connectivity index is 1.57. The van der Waals surface area contributed by atoms with Gasteiger partial charge in [0.25, 0.3) is 15.9 Å². The fraction of sp³-hybridized carbons (Fsp3) is 0.174. The minimum absolute atomic E-state index is 0.180. The van der Waals surface area contributed by atoms with Gasteiger partial charge in [0.1, 0.15) is 12.4 Å². The van der Waals surface area contributed by atoms with Gasteiger partial charge >= 0.3 is 0 Å². The van der Waals surface area contributed by atoms with Crippen LogP contribution in [-0.2, 0) is 10.0 Å². The number of aryl methyl sites for hydroxylation is 2. The zero-order valence-electron chi connectivity index (χ0n) is 16.9. The fourth-order valence-corrected chi connectivity index (χ4v) is 4.02. The summed E-state index contributed by atoms with van der Waals surface area (Å²) < 4.78 is 33.1. The van der Waals surface area contributed by atoms with E-state index in [0.29, 0.717) is 30.0 Å². The molecule has 0 saturated heterocycles. The van der Waals surface area contributed by atoms with Gasteiger partial charge in [0.2, 0.25) is 0 Å². The predicted molar refractivity (Wildman–Crippen MR) is 117 cm³/mol. The molecule has 6 nitrogen and oxygen atoms in total. The van der Waals surface area contributed by atoms with Crippen LogP contribution in [0.1, 0.15) is 21.5 Å². The Kier molecular flexibility index (Phi) is 6.74. The Morgan fingerprint density at radius 3 is 2.40 bits per heavy atom. The van der Waals surface area contributed by atoms with Gasteiger partial charge in [-0.3, -0.25) is 9.52 Å². The predicted octanol–water partition coefficient (Wildman–Crippen LogP) is 3.91. The number of amides is 1. The van der Waals surface area contributed by atoms with Gasteiger partial charge in [-0.25, -0.2) is 8.42 Å². The lowest BCUT2D eigenvalue weighted by atomic mass is 10.1. The van der Waals surface area contributed by atoms with Gasteiger partial charge in [0.15, 0.2) is 0 Å². The summed E-state index contributed by atoms with van der Waals surface area (Å²) in [6.07, 6.45) is 0. The number of hydrogen-bond acceptors (Lipinski definition) is 4. The van der Waals surface area contributed by atoms with E-state index in [2.05, 4.69) is 10.0 Å². The second-order valence-electron chi connectivity index (χ2n) is 6.87. The molecular formula is C23H24N2O4S. The van der Waals surface area contributed by atoms with Gasteiger partial charge in [0.05, 0.1) is 17.1 Å². The van der Waals surface area contributed by atoms with Crippen LogP contribution in [0.3, 0.4) is 0 Å². The first-order valence-electron chi connectivity index (χ1n) is 9.51. The van der Waals surface area contributed by atoms with E-state index in [9.17, 15) is 13.2 Å². The van der Waals surface area contributed by atoms with E-state index in [-0.39, 0.29) is 10.8 Å². The molecule has 0 fully saturated rings. The molecule has 156 valence electrons. The number of carbonyl (C=O) groups is 1. The maximum atomic E-state index is 12.5. The van der Waals surface area contributed by atoms with Crippen molar-refractivity contribution in [2.24, 2.45) is 0 Å². The molecule has 0 atom stereocenters. The van der Waals surface area contributed by atoms with Crippen molar-refractivity contribution in [1.29, 1.82) is 0 Å². The Bertz CT molecular complexity index is 1130. The highest BCUT2D eigenvalue weighted by atomic mass is 32.2. The number of anilines is 1. The zero-order valence-corrected chi connectivity index (χ0v) is 17.7. The smallest absolute Gasteiger partial charge is 0.261 e. The summed E-state index contributed by atoms with van der Waals surface area (Å²) in [6.45, 7) is 4.44. The van der Waals surface area contributed by atoms with Crippen molar-refractivity contribution >= 4 is 21.6 Å². The van der Waals surface area contributed by atoms with E-state index >= 15 is 0 Å². The molecule has 0 aliphatic carbocycles. The second-order valence-corrected chi connectivity index (χ2v) is 8.55. The maximum absolute atomic E-state index is 12.5. The molecule has 3 aromatic rings. The molecule has 0 aliphatic heterocycles. The van der Waals surface area contributed by atoms with E-state index in [4.69, 9.17) is 4.74 Å². The number of sulfonamides is 1. The minimum Gasteiger partial charge on any atom is -0.492 e. The van der Waals surface area contributed by atoms with Crippen LogP contribution in [0.2, 0.25) is 0 Å². The highest BCUT2D eigenvalue weighted by Gasteiger charge is 2.15. The van der Waals surface area contributed by atoms with E-state index in [1.165, 1.54) is 12.1 Å². The van der Waals surface area contributed by atoms with Crippen molar-refractivity contribution in [3.05, 3.63) is 89.5 Å². The van der Waals surface area contributed by atoms with Gasteiger partial charge in [-0.2, -0.15) is 0 Å². The van der Waals surface area contributed by atoms with E-state index in [0.717, 1.165) is 11.3 Å². The Hall–Kier alpha value is -3.32. The first-order valence-corrected chi connectivity index (χ1v) is 11.0. The molecule has 2 N–H and O–H groups in total. The molecule has 3 aromatic carbocycles. The molecule has 0 aromatic heterocycles. The molecule has 0 aliphatic rings. The standard InChI is InChI=1S/C23H24N2O4S/c1-17-7-6-8-20(15-17)29-14-13-24-23(26)19-11-12-22(18(2)16-19)25-30(27,28)21-9-4-3-5-10-21/h3-12,15-16,25H,13-14H2,1-2H3,(H,24,26). The van der Waals surface area contributed by atoms with Gasteiger partial charge in [-0.15, -0.1) is 0 Å². The minimum atomic E-state index is -3.68. The van der Waals surface area contributed by atoms with Crippen LogP contribution < -0.4 is 14.8 Å². The molecule has 7 heteroatoms. The molecule has 3 rings (SSSR count). The maximum Gasteiger partial charge on any atom is 0.261 e. The SMILES string of the molecule is Cc1cccc(OCCNC(=O)c2ccc(NS(=O)(=O)c3ccccc3)c(C)c2)c1. The lowest BCUT2D eigenvalue weighted by molar-refractivity contribution is 0.0947. The third-order valence-corrected chi connectivity index (χ3v) is 5.81. The molecule has 0 unspecified atom stereocenters. The van der Waals surface area contributed by atoms with Crippen LogP contribution >= 0.6 is 0 Å². The fourth-order valence-electron chi connectivity index (χ4n) is 2.86. The molecule has 0 heterocycles. The second kappa shape index (κ2) is 9.45. The molecule has 0 radical (unpaired) electrons. The highest BCUT2D eigenvalue weighted by molar-refractivity contribution is 7.92. The lowest BCUT2D eigenvalue weighted by Crippen LogP contribution is -2.28. The van der Waals surface area contributed by atoms with Crippen molar-refractivity contribution < 1.29 is 17.9 Å². The number of nitrogens with one attached hydrogen (secondary N) is 2. The zero-order chi connectivity index (χ0) is 21.6. The number of hydrogen-bond donors (Lipinski definition) is 2. The Morgan fingerprint density at radius 1 is 0.933 bits per heavy atom. The summed E-state index contributed by atoms with van der Waals surface area (Å²) in [5.41, 5.74) is 2.64. The summed E-state index contributed by atoms with van der Waals surface area (Å²) in [6, 6.07) is 20.7. The van der Waals surface area contributed by atoms with Gasteiger partial charge < -0.3 is 10.1 Å². The van der Waals surface area contributed by atoms with Crippen LogP contribution in [0.25, 0.3) is 0 Å². The average molecular weight is 425 g/mol. The van der Waals surface area contributed by atoms with Crippen LogP contribution in [0.5, 0.6) is 5.75 Å². The van der Waals surface area contributed by atoms with Crippen LogP contribution in [0.15, 0.2) is 77.7 Å². The van der Waals surface area contributed by atoms with Crippen LogP contribution in [0, 0.1) is 13.8 Å². The molecule has 0 spiro atoms. The van der Waals surface area contributed by atoms with E-state index in [1.807, 2.05) is 31.2 Å². The van der Waals surface area contributed by atoms with Crippen molar-refractivity contribution in [3.63, 3.8) is 0 Å². The first-order chi connectivity index (χ1) is 14.3. The summed E-state index contributed by atoms with van der Waals surface area (Å²) in [5.74, 6) is 0.513. The van der Waals surface area contributed by atoms with Crippen molar-refractivity contribution in [1.82, 2.24) is 5.32 Å². The highest BCUT2D eigenvalue weighted by Crippen LogP contribution is 2.21. The molecule has 1 amide bonds. The normalized spacial score (nSPS) is 11.0. The summed E-state index contributed by atoms with van der Waals surface area (Å²) in [7, 11) is -3.68. The number of rotatable bonds is 8. The molecule has 30 heavy (non-hydrogen) atoms. The third-order valence-electron chi connectivity index (χ3n) is 4.43. The number of ether oxygens (including phenoxy) is 1. The summed E-state index contributed by atoms with van der Waals surface area (Å²) in [5, 5.41) is 2.80. The quantitative estimate of drug-likeness (QED) is 0.537. The van der Waals surface area contributed by atoms with Crippen molar-refractivity contribution in [2.75, 3.05) is 17.9 Å². The topological polar surface area (TPSA) is 84.5 Å². The summed E-state index contributed by atoms with van der Waals surface area (Å²) in [4.78, 5) is 12.6. The van der Waals surface area contributed by atoms with Gasteiger partial charge in [-0.05, 0) is 67.4 Å². The first kappa shape index (κ1) is 21.4. The van der Waals surface area contributed by atoms with Crippen molar-refractivity contribution in [2.45, 2.75) is 18.7 Å². The Morgan fingerprint density at radius 2 is 1.70 bits per heavy atom. The molecule has 0 bridgehead atoms. The molecule has 0 saturated carbocycles. The largest absolute Gasteiger partial charge is 0.492 e. The lowest BCUT2D eigenvalue weighted by Gasteiger charge is -2.12. The van der Waals surface area contributed by atoms with Gasteiger partial charge in [0, 0.05) is 5.56 Å².